The zero-order valence-electron chi connectivity index (χ0n) is 29.4. The smallest absolute Gasteiger partial charge is 0.164 e. The van der Waals surface area contributed by atoms with Crippen molar-refractivity contribution in [1.29, 1.82) is 0 Å². The summed E-state index contributed by atoms with van der Waals surface area (Å²) in [6, 6.07) is 70.8. The molecule has 0 aliphatic carbocycles. The SMILES string of the molecule is c1ccc(-c2ccc(-c3cccc(-c4ccc5cc(-c6nc(-c7ccc8ccccc8c7)nc(-c7ccc8ccccc8c7)n6)ccc5c4)c3)cc2)cc1. The first-order valence-corrected chi connectivity index (χ1v) is 18.3. The van der Waals surface area contributed by atoms with Crippen LogP contribution in [0.4, 0.5) is 0 Å². The van der Waals surface area contributed by atoms with Crippen LogP contribution in [0, 0.1) is 0 Å². The number of nitrogens with zero attached hydrogens (tertiary/aromatic N) is 3. The summed E-state index contributed by atoms with van der Waals surface area (Å²) in [7, 11) is 0. The molecule has 10 rings (SSSR count). The molecule has 0 spiro atoms. The standard InChI is InChI=1S/C51H33N3/c1-2-9-34(10-3-1)37-17-19-38(20-18-37)41-15-8-16-42(29-41)43-23-24-45-33-48(28-25-44(45)30-43)51-53-49(46-26-21-35-11-4-6-13-39(35)31-46)52-50(54-51)47-27-22-36-12-5-7-14-40(36)32-47/h1-33H. The Morgan fingerprint density at radius 2 is 0.481 bits per heavy atom. The van der Waals surface area contributed by atoms with Gasteiger partial charge in [0, 0.05) is 16.7 Å². The summed E-state index contributed by atoms with van der Waals surface area (Å²) < 4.78 is 0. The van der Waals surface area contributed by atoms with Gasteiger partial charge in [0.05, 0.1) is 0 Å². The normalized spacial score (nSPS) is 11.3. The van der Waals surface area contributed by atoms with Crippen LogP contribution in [-0.2, 0) is 0 Å². The van der Waals surface area contributed by atoms with Gasteiger partial charge in [0.15, 0.2) is 17.5 Å². The maximum absolute atomic E-state index is 5.08. The summed E-state index contributed by atoms with van der Waals surface area (Å²) in [5.41, 5.74) is 10.1. The molecule has 252 valence electrons. The quantitative estimate of drug-likeness (QED) is 0.175. The Kier molecular flexibility index (Phi) is 7.81. The highest BCUT2D eigenvalue weighted by molar-refractivity contribution is 5.92. The van der Waals surface area contributed by atoms with Crippen molar-refractivity contribution in [2.45, 2.75) is 0 Å². The maximum Gasteiger partial charge on any atom is 0.164 e. The Morgan fingerprint density at radius 3 is 1.00 bits per heavy atom. The highest BCUT2D eigenvalue weighted by Gasteiger charge is 2.14. The molecule has 0 saturated heterocycles. The second-order valence-electron chi connectivity index (χ2n) is 13.7. The van der Waals surface area contributed by atoms with Gasteiger partial charge >= 0.3 is 0 Å². The molecule has 0 unspecified atom stereocenters. The number of hydrogen-bond acceptors (Lipinski definition) is 3. The Bertz CT molecular complexity index is 2890. The molecule has 0 aliphatic rings. The monoisotopic (exact) mass is 687 g/mol. The van der Waals surface area contributed by atoms with Gasteiger partial charge in [-0.2, -0.15) is 0 Å². The highest BCUT2D eigenvalue weighted by atomic mass is 15.0. The molecule has 0 radical (unpaired) electrons. The van der Waals surface area contributed by atoms with Crippen molar-refractivity contribution < 1.29 is 0 Å². The summed E-state index contributed by atoms with van der Waals surface area (Å²) in [5, 5.41) is 6.96. The van der Waals surface area contributed by atoms with E-state index in [9.17, 15) is 0 Å². The minimum absolute atomic E-state index is 0.647. The molecular formula is C51H33N3. The second kappa shape index (κ2) is 13.4. The van der Waals surface area contributed by atoms with E-state index < -0.39 is 0 Å². The van der Waals surface area contributed by atoms with E-state index in [-0.39, 0.29) is 0 Å². The van der Waals surface area contributed by atoms with Gasteiger partial charge in [0.1, 0.15) is 0 Å². The molecule has 0 aliphatic heterocycles. The summed E-state index contributed by atoms with van der Waals surface area (Å²) in [6.07, 6.45) is 0. The number of aromatic nitrogens is 3. The predicted octanol–water partition coefficient (Wildman–Crippen LogP) is 13.3. The van der Waals surface area contributed by atoms with Crippen molar-refractivity contribution in [2.75, 3.05) is 0 Å². The van der Waals surface area contributed by atoms with E-state index in [0.717, 1.165) is 38.2 Å². The fourth-order valence-electron chi connectivity index (χ4n) is 7.35. The highest BCUT2D eigenvalue weighted by Crippen LogP contribution is 2.33. The molecule has 0 saturated carbocycles. The molecule has 0 N–H and O–H groups in total. The Hall–Kier alpha value is -7.23. The lowest BCUT2D eigenvalue weighted by Gasteiger charge is -2.11. The third-order valence-corrected chi connectivity index (χ3v) is 10.3. The van der Waals surface area contributed by atoms with Crippen LogP contribution in [0.3, 0.4) is 0 Å². The Balaban J connectivity index is 1.01. The molecule has 0 fully saturated rings. The van der Waals surface area contributed by atoms with E-state index in [1.54, 1.807) is 0 Å². The Labute approximate surface area is 313 Å². The Morgan fingerprint density at radius 1 is 0.185 bits per heavy atom. The summed E-state index contributed by atoms with van der Waals surface area (Å²) >= 11 is 0. The molecule has 9 aromatic carbocycles. The van der Waals surface area contributed by atoms with Gasteiger partial charge in [-0.1, -0.05) is 170 Å². The van der Waals surface area contributed by atoms with Crippen LogP contribution < -0.4 is 0 Å². The van der Waals surface area contributed by atoms with Crippen LogP contribution >= 0.6 is 0 Å². The molecule has 3 heteroatoms. The third kappa shape index (κ3) is 6.08. The molecule has 1 aromatic heterocycles. The molecule has 0 atom stereocenters. The van der Waals surface area contributed by atoms with E-state index >= 15 is 0 Å². The van der Waals surface area contributed by atoms with Gasteiger partial charge in [-0.3, -0.25) is 0 Å². The molecule has 0 amide bonds. The molecule has 3 nitrogen and oxygen atoms in total. The minimum atomic E-state index is 0.647. The maximum atomic E-state index is 5.08. The lowest BCUT2D eigenvalue weighted by atomic mass is 9.95. The first kappa shape index (κ1) is 31.5. The number of fused-ring (bicyclic) bond motifs is 3. The summed E-state index contributed by atoms with van der Waals surface area (Å²) in [5.74, 6) is 1.95. The van der Waals surface area contributed by atoms with Gasteiger partial charge in [-0.15, -0.1) is 0 Å². The molecule has 1 heterocycles. The van der Waals surface area contributed by atoms with E-state index in [0.29, 0.717) is 17.5 Å². The largest absolute Gasteiger partial charge is 0.208 e. The lowest BCUT2D eigenvalue weighted by Crippen LogP contribution is -2.00. The number of hydrogen-bond donors (Lipinski definition) is 0. The van der Waals surface area contributed by atoms with Gasteiger partial charge in [0.2, 0.25) is 0 Å². The predicted molar refractivity (Wildman–Crippen MR) is 225 cm³/mol. The van der Waals surface area contributed by atoms with Crippen LogP contribution in [0.5, 0.6) is 0 Å². The number of rotatable bonds is 6. The summed E-state index contributed by atoms with van der Waals surface area (Å²) in [4.78, 5) is 15.2. The van der Waals surface area contributed by atoms with Crippen LogP contribution in [0.25, 0.3) is 99.9 Å². The van der Waals surface area contributed by atoms with Crippen molar-refractivity contribution in [3.05, 3.63) is 200 Å². The van der Waals surface area contributed by atoms with E-state index in [1.807, 2.05) is 0 Å². The van der Waals surface area contributed by atoms with Crippen LogP contribution in [0.15, 0.2) is 200 Å². The van der Waals surface area contributed by atoms with Crippen molar-refractivity contribution in [3.63, 3.8) is 0 Å². The van der Waals surface area contributed by atoms with Crippen LogP contribution in [0.1, 0.15) is 0 Å². The van der Waals surface area contributed by atoms with Crippen molar-refractivity contribution in [2.24, 2.45) is 0 Å². The van der Waals surface area contributed by atoms with Crippen molar-refractivity contribution in [3.8, 4) is 67.5 Å². The fraction of sp³-hybridized carbons (Fsp3) is 0. The minimum Gasteiger partial charge on any atom is -0.208 e. The lowest BCUT2D eigenvalue weighted by molar-refractivity contribution is 1.08. The zero-order valence-corrected chi connectivity index (χ0v) is 29.4. The van der Waals surface area contributed by atoms with Crippen molar-refractivity contribution in [1.82, 2.24) is 15.0 Å². The van der Waals surface area contributed by atoms with Crippen LogP contribution in [-0.4, -0.2) is 15.0 Å². The average Bonchev–Trinajstić information content (AvgIpc) is 3.26. The van der Waals surface area contributed by atoms with Gasteiger partial charge < -0.3 is 0 Å². The van der Waals surface area contributed by atoms with E-state index in [4.69, 9.17) is 15.0 Å². The zero-order chi connectivity index (χ0) is 35.8. The fourth-order valence-corrected chi connectivity index (χ4v) is 7.35. The topological polar surface area (TPSA) is 38.7 Å². The summed E-state index contributed by atoms with van der Waals surface area (Å²) in [6.45, 7) is 0. The first-order valence-electron chi connectivity index (χ1n) is 18.3. The van der Waals surface area contributed by atoms with Crippen LogP contribution in [0.2, 0.25) is 0 Å². The van der Waals surface area contributed by atoms with Gasteiger partial charge in [-0.05, 0) is 96.0 Å². The van der Waals surface area contributed by atoms with Crippen molar-refractivity contribution >= 4 is 32.3 Å². The third-order valence-electron chi connectivity index (χ3n) is 10.3. The molecule has 54 heavy (non-hydrogen) atoms. The second-order valence-corrected chi connectivity index (χ2v) is 13.7. The van der Waals surface area contributed by atoms with E-state index in [1.165, 1.54) is 44.2 Å². The molecule has 0 bridgehead atoms. The molecule has 10 aromatic rings. The van der Waals surface area contributed by atoms with Gasteiger partial charge in [0.25, 0.3) is 0 Å². The molecular weight excluding hydrogens is 655 g/mol. The van der Waals surface area contributed by atoms with Gasteiger partial charge in [-0.25, -0.2) is 15.0 Å². The number of benzene rings is 9. The first-order chi connectivity index (χ1) is 26.7. The average molecular weight is 688 g/mol. The van der Waals surface area contributed by atoms with E-state index in [2.05, 4.69) is 200 Å².